The van der Waals surface area contributed by atoms with E-state index in [-0.39, 0.29) is 6.04 Å². The highest BCUT2D eigenvalue weighted by atomic mass is 16.5. The molecule has 23 heavy (non-hydrogen) atoms. The number of hydrogen-bond donors (Lipinski definition) is 2. The van der Waals surface area contributed by atoms with Crippen molar-refractivity contribution >= 4 is 10.9 Å². The van der Waals surface area contributed by atoms with Gasteiger partial charge in [-0.05, 0) is 54.9 Å². The zero-order valence-electron chi connectivity index (χ0n) is 13.3. The number of likely N-dealkylation sites (N-methyl/N-ethyl adjacent to an activating group) is 1. The number of hydrogen-bond acceptors (Lipinski definition) is 3. The second-order valence-corrected chi connectivity index (χ2v) is 6.15. The monoisotopic (exact) mass is 308 g/mol. The smallest absolute Gasteiger partial charge is 0.118 e. The number of aromatic amines is 1. The number of phenols is 1. The van der Waals surface area contributed by atoms with Gasteiger partial charge in [-0.25, -0.2) is 0 Å². The van der Waals surface area contributed by atoms with Crippen molar-refractivity contribution in [1.82, 2.24) is 9.88 Å². The van der Waals surface area contributed by atoms with Crippen LogP contribution in [0.1, 0.15) is 22.9 Å². The first-order valence-corrected chi connectivity index (χ1v) is 7.85. The molecule has 0 saturated carbocycles. The summed E-state index contributed by atoms with van der Waals surface area (Å²) >= 11 is 0. The minimum absolute atomic E-state index is 0.194. The van der Waals surface area contributed by atoms with Gasteiger partial charge in [0.25, 0.3) is 0 Å². The van der Waals surface area contributed by atoms with E-state index in [2.05, 4.69) is 29.1 Å². The Hall–Kier alpha value is -2.46. The summed E-state index contributed by atoms with van der Waals surface area (Å²) in [6.45, 7) is 0.992. The normalized spacial score (nSPS) is 18.1. The van der Waals surface area contributed by atoms with Crippen LogP contribution in [0.3, 0.4) is 0 Å². The molecule has 0 saturated heterocycles. The van der Waals surface area contributed by atoms with Gasteiger partial charge in [-0.15, -0.1) is 0 Å². The van der Waals surface area contributed by atoms with E-state index in [4.69, 9.17) is 4.74 Å². The van der Waals surface area contributed by atoms with E-state index in [9.17, 15) is 5.11 Å². The standard InChI is InChI=1S/C19H20N2O2/c1-21-10-9-15-16-11-13(22)5-8-17(16)20-18(15)19(21)12-3-6-14(23-2)7-4-12/h3-8,11,19-20,22H,9-10H2,1-2H3. The number of H-pyrrole nitrogens is 1. The predicted molar refractivity (Wildman–Crippen MR) is 91.1 cm³/mol. The Morgan fingerprint density at radius 2 is 1.96 bits per heavy atom. The fraction of sp³-hybridized carbons (Fsp3) is 0.263. The number of aromatic nitrogens is 1. The number of aromatic hydroxyl groups is 1. The molecule has 4 rings (SSSR count). The van der Waals surface area contributed by atoms with E-state index in [1.54, 1.807) is 13.2 Å². The van der Waals surface area contributed by atoms with Gasteiger partial charge in [-0.3, -0.25) is 4.90 Å². The Morgan fingerprint density at radius 1 is 1.17 bits per heavy atom. The molecule has 1 aliphatic rings. The topological polar surface area (TPSA) is 48.5 Å². The first kappa shape index (κ1) is 14.2. The summed E-state index contributed by atoms with van der Waals surface area (Å²) < 4.78 is 5.26. The summed E-state index contributed by atoms with van der Waals surface area (Å²) in [5.41, 5.74) is 4.87. The van der Waals surface area contributed by atoms with Crippen LogP contribution in [0, 0.1) is 0 Å². The minimum Gasteiger partial charge on any atom is -0.508 e. The zero-order valence-corrected chi connectivity index (χ0v) is 13.3. The predicted octanol–water partition coefficient (Wildman–Crippen LogP) is 3.46. The van der Waals surface area contributed by atoms with E-state index in [1.807, 2.05) is 24.3 Å². The number of ether oxygens (including phenoxy) is 1. The van der Waals surface area contributed by atoms with Gasteiger partial charge in [0.15, 0.2) is 0 Å². The number of nitrogens with zero attached hydrogens (tertiary/aromatic N) is 1. The Bertz CT molecular complexity index is 852. The van der Waals surface area contributed by atoms with Gasteiger partial charge in [0.05, 0.1) is 13.2 Å². The van der Waals surface area contributed by atoms with Crippen LogP contribution in [-0.4, -0.2) is 35.7 Å². The summed E-state index contributed by atoms with van der Waals surface area (Å²) in [6.07, 6.45) is 0.988. The molecule has 0 aliphatic carbocycles. The van der Waals surface area contributed by atoms with Crippen LogP contribution in [0.15, 0.2) is 42.5 Å². The highest BCUT2D eigenvalue weighted by Gasteiger charge is 2.29. The van der Waals surface area contributed by atoms with Gasteiger partial charge in [-0.2, -0.15) is 0 Å². The van der Waals surface area contributed by atoms with Gasteiger partial charge in [0.1, 0.15) is 11.5 Å². The van der Waals surface area contributed by atoms with Crippen molar-refractivity contribution in [1.29, 1.82) is 0 Å². The molecule has 1 unspecified atom stereocenters. The second-order valence-electron chi connectivity index (χ2n) is 6.15. The molecule has 2 aromatic carbocycles. The number of benzene rings is 2. The first-order valence-electron chi connectivity index (χ1n) is 7.85. The SMILES string of the molecule is COc1ccc(C2c3[nH]c4ccc(O)cc4c3CCN2C)cc1. The zero-order chi connectivity index (χ0) is 16.0. The van der Waals surface area contributed by atoms with Crippen LogP contribution < -0.4 is 4.74 Å². The van der Waals surface area contributed by atoms with Gasteiger partial charge in [0, 0.05) is 23.1 Å². The summed E-state index contributed by atoms with van der Waals surface area (Å²) in [6, 6.07) is 14.0. The van der Waals surface area contributed by atoms with Crippen molar-refractivity contribution in [3.8, 4) is 11.5 Å². The van der Waals surface area contributed by atoms with Crippen molar-refractivity contribution in [2.75, 3.05) is 20.7 Å². The maximum absolute atomic E-state index is 9.80. The molecule has 0 spiro atoms. The van der Waals surface area contributed by atoms with Crippen molar-refractivity contribution < 1.29 is 9.84 Å². The fourth-order valence-electron chi connectivity index (χ4n) is 3.60. The van der Waals surface area contributed by atoms with E-state index in [0.29, 0.717) is 5.75 Å². The average Bonchev–Trinajstić information content (AvgIpc) is 2.92. The van der Waals surface area contributed by atoms with Crippen molar-refractivity contribution in [3.05, 3.63) is 59.3 Å². The van der Waals surface area contributed by atoms with Gasteiger partial charge in [-0.1, -0.05) is 12.1 Å². The Morgan fingerprint density at radius 3 is 2.70 bits per heavy atom. The summed E-state index contributed by atoms with van der Waals surface area (Å²) in [5, 5.41) is 10.9. The van der Waals surface area contributed by atoms with E-state index in [1.165, 1.54) is 16.8 Å². The van der Waals surface area contributed by atoms with Crippen molar-refractivity contribution in [3.63, 3.8) is 0 Å². The van der Waals surface area contributed by atoms with Crippen LogP contribution >= 0.6 is 0 Å². The molecule has 1 aromatic heterocycles. The van der Waals surface area contributed by atoms with E-state index in [0.717, 1.165) is 29.6 Å². The molecule has 2 N–H and O–H groups in total. The quantitative estimate of drug-likeness (QED) is 0.762. The van der Waals surface area contributed by atoms with Gasteiger partial charge >= 0.3 is 0 Å². The molecule has 3 aromatic rings. The van der Waals surface area contributed by atoms with Crippen molar-refractivity contribution in [2.45, 2.75) is 12.5 Å². The maximum Gasteiger partial charge on any atom is 0.118 e. The molecule has 0 radical (unpaired) electrons. The number of fused-ring (bicyclic) bond motifs is 3. The molecule has 118 valence electrons. The molecule has 0 bridgehead atoms. The third-order valence-corrected chi connectivity index (χ3v) is 4.78. The van der Waals surface area contributed by atoms with Crippen LogP contribution in [0.4, 0.5) is 0 Å². The molecule has 2 heterocycles. The lowest BCUT2D eigenvalue weighted by molar-refractivity contribution is 0.261. The largest absolute Gasteiger partial charge is 0.508 e. The molecule has 0 amide bonds. The van der Waals surface area contributed by atoms with E-state index < -0.39 is 0 Å². The summed E-state index contributed by atoms with van der Waals surface area (Å²) in [7, 11) is 3.84. The molecular weight excluding hydrogens is 288 g/mol. The molecule has 4 nitrogen and oxygen atoms in total. The van der Waals surface area contributed by atoms with Gasteiger partial charge in [0.2, 0.25) is 0 Å². The highest BCUT2D eigenvalue weighted by molar-refractivity contribution is 5.86. The van der Waals surface area contributed by atoms with Crippen molar-refractivity contribution in [2.24, 2.45) is 0 Å². The highest BCUT2D eigenvalue weighted by Crippen LogP contribution is 2.38. The van der Waals surface area contributed by atoms with Crippen LogP contribution in [0.2, 0.25) is 0 Å². The number of phenolic OH excluding ortho intramolecular Hbond substituents is 1. The lowest BCUT2D eigenvalue weighted by Crippen LogP contribution is -2.32. The summed E-state index contributed by atoms with van der Waals surface area (Å²) in [4.78, 5) is 5.93. The maximum atomic E-state index is 9.80. The molecule has 4 heteroatoms. The number of methoxy groups -OCH3 is 1. The number of rotatable bonds is 2. The first-order chi connectivity index (χ1) is 11.2. The molecule has 1 atom stereocenters. The lowest BCUT2D eigenvalue weighted by Gasteiger charge is -2.33. The van der Waals surface area contributed by atoms with E-state index >= 15 is 0 Å². The average molecular weight is 308 g/mol. The third-order valence-electron chi connectivity index (χ3n) is 4.78. The van der Waals surface area contributed by atoms with Crippen LogP contribution in [0.5, 0.6) is 11.5 Å². The van der Waals surface area contributed by atoms with Gasteiger partial charge < -0.3 is 14.8 Å². The van der Waals surface area contributed by atoms with Crippen LogP contribution in [0.25, 0.3) is 10.9 Å². The second kappa shape index (κ2) is 5.32. The minimum atomic E-state index is 0.194. The summed E-state index contributed by atoms with van der Waals surface area (Å²) in [5.74, 6) is 1.19. The molecule has 1 aliphatic heterocycles. The number of nitrogens with one attached hydrogen (secondary N) is 1. The van der Waals surface area contributed by atoms with Crippen LogP contribution in [-0.2, 0) is 6.42 Å². The Labute approximate surface area is 135 Å². The fourth-order valence-corrected chi connectivity index (χ4v) is 3.60. The Balaban J connectivity index is 1.86. The third kappa shape index (κ3) is 2.26. The molecular formula is C19H20N2O2. The lowest BCUT2D eigenvalue weighted by atomic mass is 9.93. The molecule has 0 fully saturated rings. The Kier molecular flexibility index (Phi) is 3.27.